The minimum atomic E-state index is -4.41. The zero-order chi connectivity index (χ0) is 17.2. The van der Waals surface area contributed by atoms with Crippen LogP contribution in [-0.4, -0.2) is 18.2 Å². The standard InChI is InChI=1S/C17H17F3N2O2/c1-11(12-4-5-15-16(9-12)24-8-7-23-15)22-10-14-13(17(18,19)20)3-2-6-21-14/h2-6,9,11,22H,7-8,10H2,1H3/t11-/m1/s1. The maximum absolute atomic E-state index is 13.0. The van der Waals surface area contributed by atoms with Crippen molar-refractivity contribution in [3.8, 4) is 11.5 Å². The fraction of sp³-hybridized carbons (Fsp3) is 0.353. The van der Waals surface area contributed by atoms with Crippen molar-refractivity contribution in [1.29, 1.82) is 0 Å². The summed E-state index contributed by atoms with van der Waals surface area (Å²) in [5.74, 6) is 1.34. The molecule has 1 aliphatic heterocycles. The second-order valence-electron chi connectivity index (χ2n) is 5.50. The van der Waals surface area contributed by atoms with Crippen molar-refractivity contribution in [2.24, 2.45) is 0 Å². The molecule has 0 spiro atoms. The van der Waals surface area contributed by atoms with Gasteiger partial charge >= 0.3 is 6.18 Å². The third kappa shape index (κ3) is 3.62. The van der Waals surface area contributed by atoms with Gasteiger partial charge in [-0.2, -0.15) is 13.2 Å². The predicted molar refractivity (Wildman–Crippen MR) is 81.9 cm³/mol. The summed E-state index contributed by atoms with van der Waals surface area (Å²) in [5, 5.41) is 3.08. The van der Waals surface area contributed by atoms with Crippen LogP contribution in [0, 0.1) is 0 Å². The highest BCUT2D eigenvalue weighted by molar-refractivity contribution is 5.44. The van der Waals surface area contributed by atoms with Crippen LogP contribution in [0.2, 0.25) is 0 Å². The molecule has 0 radical (unpaired) electrons. The summed E-state index contributed by atoms with van der Waals surface area (Å²) in [6.45, 7) is 2.90. The van der Waals surface area contributed by atoms with E-state index < -0.39 is 11.7 Å². The number of ether oxygens (including phenoxy) is 2. The zero-order valence-electron chi connectivity index (χ0n) is 13.1. The van der Waals surface area contributed by atoms with Gasteiger partial charge in [-0.15, -0.1) is 0 Å². The van der Waals surface area contributed by atoms with E-state index in [0.717, 1.165) is 11.6 Å². The third-order valence-corrected chi connectivity index (χ3v) is 3.84. The Morgan fingerprint density at radius 2 is 1.92 bits per heavy atom. The first kappa shape index (κ1) is 16.6. The summed E-state index contributed by atoms with van der Waals surface area (Å²) >= 11 is 0. The Labute approximate surface area is 137 Å². The van der Waals surface area contributed by atoms with Gasteiger partial charge in [0, 0.05) is 18.8 Å². The molecule has 0 saturated heterocycles. The first-order chi connectivity index (χ1) is 11.4. The summed E-state index contributed by atoms with van der Waals surface area (Å²) in [4.78, 5) is 3.85. The lowest BCUT2D eigenvalue weighted by molar-refractivity contribution is -0.138. The molecule has 1 atom stereocenters. The zero-order valence-corrected chi connectivity index (χ0v) is 13.1. The van der Waals surface area contributed by atoms with Gasteiger partial charge in [0.2, 0.25) is 0 Å². The number of hydrogen-bond acceptors (Lipinski definition) is 4. The van der Waals surface area contributed by atoms with Gasteiger partial charge in [-0.3, -0.25) is 4.98 Å². The fourth-order valence-electron chi connectivity index (χ4n) is 2.53. The molecule has 2 heterocycles. The molecule has 7 heteroatoms. The van der Waals surface area contributed by atoms with Crippen LogP contribution in [0.15, 0.2) is 36.5 Å². The summed E-state index contributed by atoms with van der Waals surface area (Å²) in [7, 11) is 0. The summed E-state index contributed by atoms with van der Waals surface area (Å²) in [6, 6.07) is 7.69. The topological polar surface area (TPSA) is 43.4 Å². The Balaban J connectivity index is 1.71. The highest BCUT2D eigenvalue weighted by Gasteiger charge is 2.33. The molecule has 0 saturated carbocycles. The molecule has 24 heavy (non-hydrogen) atoms. The van der Waals surface area contributed by atoms with Crippen molar-refractivity contribution in [3.63, 3.8) is 0 Å². The molecule has 1 N–H and O–H groups in total. The van der Waals surface area contributed by atoms with E-state index in [1.165, 1.54) is 12.3 Å². The maximum Gasteiger partial charge on any atom is 0.418 e. The van der Waals surface area contributed by atoms with Crippen molar-refractivity contribution in [3.05, 3.63) is 53.3 Å². The lowest BCUT2D eigenvalue weighted by Crippen LogP contribution is -2.22. The minimum absolute atomic E-state index is 0.0191. The first-order valence-electron chi connectivity index (χ1n) is 7.59. The summed E-state index contributed by atoms with van der Waals surface area (Å²) < 4.78 is 49.9. The highest BCUT2D eigenvalue weighted by atomic mass is 19.4. The van der Waals surface area contributed by atoms with Gasteiger partial charge in [-0.05, 0) is 36.8 Å². The van der Waals surface area contributed by atoms with E-state index in [1.54, 1.807) is 0 Å². The smallest absolute Gasteiger partial charge is 0.418 e. The minimum Gasteiger partial charge on any atom is -0.486 e. The quantitative estimate of drug-likeness (QED) is 0.923. The summed E-state index contributed by atoms with van der Waals surface area (Å²) in [6.07, 6.45) is -3.05. The van der Waals surface area contributed by atoms with E-state index in [1.807, 2.05) is 25.1 Å². The largest absolute Gasteiger partial charge is 0.486 e. The highest BCUT2D eigenvalue weighted by Crippen LogP contribution is 2.33. The van der Waals surface area contributed by atoms with E-state index >= 15 is 0 Å². The number of aromatic nitrogens is 1. The van der Waals surface area contributed by atoms with Crippen LogP contribution < -0.4 is 14.8 Å². The number of pyridine rings is 1. The first-order valence-corrected chi connectivity index (χ1v) is 7.59. The van der Waals surface area contributed by atoms with Crippen LogP contribution in [0.5, 0.6) is 11.5 Å². The van der Waals surface area contributed by atoms with Gasteiger partial charge in [0.25, 0.3) is 0 Å². The van der Waals surface area contributed by atoms with E-state index in [-0.39, 0.29) is 18.3 Å². The van der Waals surface area contributed by atoms with E-state index in [2.05, 4.69) is 10.3 Å². The van der Waals surface area contributed by atoms with Gasteiger partial charge in [0.05, 0.1) is 11.3 Å². The van der Waals surface area contributed by atoms with E-state index in [0.29, 0.717) is 24.7 Å². The van der Waals surface area contributed by atoms with Crippen LogP contribution in [0.3, 0.4) is 0 Å². The molecule has 1 aromatic heterocycles. The van der Waals surface area contributed by atoms with Crippen molar-refractivity contribution in [2.45, 2.75) is 25.7 Å². The Morgan fingerprint density at radius 3 is 2.67 bits per heavy atom. The average Bonchev–Trinajstić information content (AvgIpc) is 2.58. The molecular formula is C17H17F3N2O2. The number of hydrogen-bond donors (Lipinski definition) is 1. The molecule has 1 aromatic carbocycles. The molecule has 0 unspecified atom stereocenters. The van der Waals surface area contributed by atoms with Gasteiger partial charge in [0.15, 0.2) is 11.5 Å². The van der Waals surface area contributed by atoms with Gasteiger partial charge in [0.1, 0.15) is 13.2 Å². The third-order valence-electron chi connectivity index (χ3n) is 3.84. The lowest BCUT2D eigenvalue weighted by Gasteiger charge is -2.21. The summed E-state index contributed by atoms with van der Waals surface area (Å²) in [5.41, 5.74) is 0.171. The molecule has 1 aliphatic rings. The van der Waals surface area contributed by atoms with Gasteiger partial charge in [-0.25, -0.2) is 0 Å². The number of rotatable bonds is 4. The molecule has 128 valence electrons. The van der Waals surface area contributed by atoms with Crippen molar-refractivity contribution in [1.82, 2.24) is 10.3 Å². The van der Waals surface area contributed by atoms with Crippen molar-refractivity contribution >= 4 is 0 Å². The van der Waals surface area contributed by atoms with Crippen molar-refractivity contribution < 1.29 is 22.6 Å². The maximum atomic E-state index is 13.0. The van der Waals surface area contributed by atoms with Crippen LogP contribution in [0.4, 0.5) is 13.2 Å². The monoisotopic (exact) mass is 338 g/mol. The van der Waals surface area contributed by atoms with Crippen LogP contribution in [0.25, 0.3) is 0 Å². The average molecular weight is 338 g/mol. The molecule has 0 bridgehead atoms. The fourth-order valence-corrected chi connectivity index (χ4v) is 2.53. The SMILES string of the molecule is C[C@@H](NCc1ncccc1C(F)(F)F)c1ccc2c(c1)OCCO2. The molecule has 0 amide bonds. The Morgan fingerprint density at radius 1 is 1.17 bits per heavy atom. The van der Waals surface area contributed by atoms with Crippen LogP contribution in [-0.2, 0) is 12.7 Å². The Hall–Kier alpha value is -2.28. The van der Waals surface area contributed by atoms with Crippen LogP contribution >= 0.6 is 0 Å². The molecule has 0 aliphatic carbocycles. The number of fused-ring (bicyclic) bond motifs is 1. The number of nitrogens with one attached hydrogen (secondary N) is 1. The van der Waals surface area contributed by atoms with Gasteiger partial charge in [-0.1, -0.05) is 6.07 Å². The molecule has 3 rings (SSSR count). The molecular weight excluding hydrogens is 321 g/mol. The lowest BCUT2D eigenvalue weighted by atomic mass is 10.1. The number of halogens is 3. The second kappa shape index (κ2) is 6.68. The number of nitrogens with zero attached hydrogens (tertiary/aromatic N) is 1. The van der Waals surface area contributed by atoms with E-state index in [4.69, 9.17) is 9.47 Å². The number of benzene rings is 1. The van der Waals surface area contributed by atoms with Crippen LogP contribution in [0.1, 0.15) is 29.8 Å². The van der Waals surface area contributed by atoms with E-state index in [9.17, 15) is 13.2 Å². The van der Waals surface area contributed by atoms with Gasteiger partial charge < -0.3 is 14.8 Å². The molecule has 0 fully saturated rings. The Kier molecular flexibility index (Phi) is 4.62. The predicted octanol–water partition coefficient (Wildman–Crippen LogP) is 3.72. The normalized spacial score (nSPS) is 15.2. The second-order valence-corrected chi connectivity index (χ2v) is 5.50. The number of alkyl halides is 3. The molecule has 2 aromatic rings. The Bertz CT molecular complexity index is 719. The van der Waals surface area contributed by atoms with Crippen molar-refractivity contribution in [2.75, 3.05) is 13.2 Å². The molecule has 4 nitrogen and oxygen atoms in total.